The van der Waals surface area contributed by atoms with Gasteiger partial charge < -0.3 is 5.32 Å². The lowest BCUT2D eigenvalue weighted by Crippen LogP contribution is -2.22. The Bertz CT molecular complexity index is 388. The van der Waals surface area contributed by atoms with E-state index in [1.54, 1.807) is 0 Å². The molecule has 0 bridgehead atoms. The second-order valence-electron chi connectivity index (χ2n) is 5.25. The van der Waals surface area contributed by atoms with E-state index in [9.17, 15) is 0 Å². The van der Waals surface area contributed by atoms with Crippen LogP contribution in [0.1, 0.15) is 50.1 Å². The highest BCUT2D eigenvalue weighted by Crippen LogP contribution is 2.33. The molecule has 1 N–H and O–H groups in total. The smallest absolute Gasteiger partial charge is 0.0410 e. The van der Waals surface area contributed by atoms with Crippen molar-refractivity contribution in [1.82, 2.24) is 5.32 Å². The molecule has 1 unspecified atom stereocenters. The average Bonchev–Trinajstić information content (AvgIpc) is 2.40. The molecule has 2 rings (SSSR count). The van der Waals surface area contributed by atoms with Crippen LogP contribution >= 0.6 is 34.2 Å². The van der Waals surface area contributed by atoms with Gasteiger partial charge >= 0.3 is 0 Å². The molecular formula is C15H21ClIN. The van der Waals surface area contributed by atoms with Gasteiger partial charge in [0, 0.05) is 14.6 Å². The van der Waals surface area contributed by atoms with Crippen molar-refractivity contribution >= 4 is 34.2 Å². The monoisotopic (exact) mass is 377 g/mol. The molecule has 1 fully saturated rings. The highest BCUT2D eigenvalue weighted by Gasteiger charge is 2.20. The highest BCUT2D eigenvalue weighted by atomic mass is 127. The summed E-state index contributed by atoms with van der Waals surface area (Å²) in [5.74, 6) is 0.881. The molecule has 0 aromatic heterocycles. The number of halogens is 2. The summed E-state index contributed by atoms with van der Waals surface area (Å²) >= 11 is 8.54. The molecule has 0 spiro atoms. The molecule has 18 heavy (non-hydrogen) atoms. The van der Waals surface area contributed by atoms with Gasteiger partial charge in [0.05, 0.1) is 0 Å². The molecule has 100 valence electrons. The summed E-state index contributed by atoms with van der Waals surface area (Å²) in [6.45, 7) is 0. The number of rotatable bonds is 4. The van der Waals surface area contributed by atoms with E-state index in [-0.39, 0.29) is 0 Å². The van der Waals surface area contributed by atoms with Crippen LogP contribution in [-0.2, 0) is 0 Å². The van der Waals surface area contributed by atoms with E-state index in [1.165, 1.54) is 47.7 Å². The van der Waals surface area contributed by atoms with Crippen molar-refractivity contribution in [2.45, 2.75) is 44.6 Å². The topological polar surface area (TPSA) is 12.0 Å². The molecule has 0 heterocycles. The molecule has 1 aromatic carbocycles. The van der Waals surface area contributed by atoms with Crippen molar-refractivity contribution in [3.8, 4) is 0 Å². The fourth-order valence-electron chi connectivity index (χ4n) is 2.94. The predicted molar refractivity (Wildman–Crippen MR) is 87.2 cm³/mol. The van der Waals surface area contributed by atoms with E-state index in [4.69, 9.17) is 11.6 Å². The maximum atomic E-state index is 6.13. The minimum Gasteiger partial charge on any atom is -0.313 e. The van der Waals surface area contributed by atoms with Crippen LogP contribution in [0.4, 0.5) is 0 Å². The van der Waals surface area contributed by atoms with Gasteiger partial charge in [-0.15, -0.1) is 0 Å². The van der Waals surface area contributed by atoms with Crippen LogP contribution in [0.2, 0.25) is 5.02 Å². The first-order valence-corrected chi connectivity index (χ1v) is 8.28. The molecular weight excluding hydrogens is 357 g/mol. The van der Waals surface area contributed by atoms with Gasteiger partial charge in [0.2, 0.25) is 0 Å². The average molecular weight is 378 g/mol. The Hall–Kier alpha value is 0.200. The summed E-state index contributed by atoms with van der Waals surface area (Å²) in [5, 5.41) is 4.31. The van der Waals surface area contributed by atoms with Crippen LogP contribution < -0.4 is 5.32 Å². The van der Waals surface area contributed by atoms with Gasteiger partial charge in [-0.25, -0.2) is 0 Å². The second kappa shape index (κ2) is 7.11. The quantitative estimate of drug-likeness (QED) is 0.713. The van der Waals surface area contributed by atoms with Gasteiger partial charge in [0.1, 0.15) is 0 Å². The predicted octanol–water partition coefficient (Wildman–Crippen LogP) is 5.18. The largest absolute Gasteiger partial charge is 0.313 e. The molecule has 0 aliphatic heterocycles. The number of benzene rings is 1. The van der Waals surface area contributed by atoms with Crippen LogP contribution in [0.25, 0.3) is 0 Å². The summed E-state index contributed by atoms with van der Waals surface area (Å²) in [6, 6.07) is 6.65. The fourth-order valence-corrected chi connectivity index (χ4v) is 3.83. The third kappa shape index (κ3) is 3.84. The van der Waals surface area contributed by atoms with Gasteiger partial charge in [-0.3, -0.25) is 0 Å². The number of hydrogen-bond donors (Lipinski definition) is 1. The summed E-state index contributed by atoms with van der Waals surface area (Å²) in [7, 11) is 2.06. The van der Waals surface area contributed by atoms with Crippen LogP contribution in [0, 0.1) is 9.49 Å². The van der Waals surface area contributed by atoms with Gasteiger partial charge in [0.15, 0.2) is 0 Å². The third-order valence-corrected chi connectivity index (χ3v) is 5.19. The third-order valence-electron chi connectivity index (χ3n) is 3.98. The Morgan fingerprint density at radius 2 is 2.06 bits per heavy atom. The van der Waals surface area contributed by atoms with Crippen molar-refractivity contribution in [2.75, 3.05) is 7.05 Å². The Balaban J connectivity index is 2.09. The molecule has 0 amide bonds. The van der Waals surface area contributed by atoms with E-state index in [0.717, 1.165) is 10.9 Å². The maximum Gasteiger partial charge on any atom is 0.0410 e. The van der Waals surface area contributed by atoms with Crippen molar-refractivity contribution in [2.24, 2.45) is 5.92 Å². The molecule has 0 radical (unpaired) electrons. The Morgan fingerprint density at radius 3 is 2.72 bits per heavy atom. The van der Waals surface area contributed by atoms with Crippen LogP contribution in [0.3, 0.4) is 0 Å². The van der Waals surface area contributed by atoms with Crippen molar-refractivity contribution in [3.63, 3.8) is 0 Å². The van der Waals surface area contributed by atoms with Gasteiger partial charge in [-0.1, -0.05) is 43.7 Å². The van der Waals surface area contributed by atoms with Crippen LogP contribution in [0.5, 0.6) is 0 Å². The first-order chi connectivity index (χ1) is 8.70. The summed E-state index contributed by atoms with van der Waals surface area (Å²) < 4.78 is 1.31. The van der Waals surface area contributed by atoms with E-state index < -0.39 is 0 Å². The van der Waals surface area contributed by atoms with Gasteiger partial charge in [0.25, 0.3) is 0 Å². The standard InChI is InChI=1S/C15H21ClIN/c1-18-15(9-11-5-3-2-4-6-11)13-10-12(16)7-8-14(13)17/h7-8,10-11,15,18H,2-6,9H2,1H3. The zero-order valence-electron chi connectivity index (χ0n) is 10.9. The molecule has 1 aromatic rings. The molecule has 1 aliphatic rings. The van der Waals surface area contributed by atoms with E-state index >= 15 is 0 Å². The molecule has 1 aliphatic carbocycles. The maximum absolute atomic E-state index is 6.13. The molecule has 1 nitrogen and oxygen atoms in total. The molecule has 0 saturated heterocycles. The fraction of sp³-hybridized carbons (Fsp3) is 0.600. The SMILES string of the molecule is CNC(CC1CCCCC1)c1cc(Cl)ccc1I. The zero-order chi connectivity index (χ0) is 13.0. The Morgan fingerprint density at radius 1 is 1.33 bits per heavy atom. The Kier molecular flexibility index (Phi) is 5.77. The molecule has 1 atom stereocenters. The van der Waals surface area contributed by atoms with E-state index in [0.29, 0.717) is 6.04 Å². The van der Waals surface area contributed by atoms with Crippen LogP contribution in [-0.4, -0.2) is 7.05 Å². The van der Waals surface area contributed by atoms with E-state index in [2.05, 4.69) is 47.1 Å². The molecule has 1 saturated carbocycles. The van der Waals surface area contributed by atoms with Crippen molar-refractivity contribution in [1.29, 1.82) is 0 Å². The second-order valence-corrected chi connectivity index (χ2v) is 6.85. The summed E-state index contributed by atoms with van der Waals surface area (Å²) in [6.07, 6.45) is 8.29. The van der Waals surface area contributed by atoms with Crippen LogP contribution in [0.15, 0.2) is 18.2 Å². The lowest BCUT2D eigenvalue weighted by Gasteiger charge is -2.27. The lowest BCUT2D eigenvalue weighted by atomic mass is 9.83. The van der Waals surface area contributed by atoms with E-state index in [1.807, 2.05) is 6.07 Å². The van der Waals surface area contributed by atoms with Crippen molar-refractivity contribution < 1.29 is 0 Å². The highest BCUT2D eigenvalue weighted by molar-refractivity contribution is 14.1. The van der Waals surface area contributed by atoms with Gasteiger partial charge in [-0.2, -0.15) is 0 Å². The molecule has 3 heteroatoms. The zero-order valence-corrected chi connectivity index (χ0v) is 13.8. The van der Waals surface area contributed by atoms with Crippen molar-refractivity contribution in [3.05, 3.63) is 32.4 Å². The minimum atomic E-state index is 0.443. The summed E-state index contributed by atoms with van der Waals surface area (Å²) in [4.78, 5) is 0. The van der Waals surface area contributed by atoms with Gasteiger partial charge in [-0.05, 0) is 65.7 Å². The number of hydrogen-bond acceptors (Lipinski definition) is 1. The number of nitrogens with one attached hydrogen (secondary N) is 1. The first-order valence-electron chi connectivity index (χ1n) is 6.83. The first kappa shape index (κ1) is 14.6. The Labute approximate surface area is 129 Å². The summed E-state index contributed by atoms with van der Waals surface area (Å²) in [5.41, 5.74) is 1.36. The lowest BCUT2D eigenvalue weighted by molar-refractivity contribution is 0.305. The normalized spacial score (nSPS) is 18.8. The minimum absolute atomic E-state index is 0.443.